The molecule has 57 heavy (non-hydrogen) atoms. The second-order valence-electron chi connectivity index (χ2n) is 14.0. The number of rotatable bonds is 5. The van der Waals surface area contributed by atoms with Crippen LogP contribution in [0, 0.1) is 0 Å². The summed E-state index contributed by atoms with van der Waals surface area (Å²) >= 11 is 3.42. The number of fused-ring (bicyclic) bond motifs is 10. The molecule has 0 N–H and O–H groups in total. The van der Waals surface area contributed by atoms with Crippen LogP contribution in [0.4, 0.5) is 0 Å². The van der Waals surface area contributed by atoms with Gasteiger partial charge in [0, 0.05) is 62.2 Å². The van der Waals surface area contributed by atoms with Crippen molar-refractivity contribution in [2.24, 2.45) is 0 Å². The molecule has 8 aromatic carbocycles. The van der Waals surface area contributed by atoms with Crippen molar-refractivity contribution in [3.63, 3.8) is 0 Å². The predicted molar refractivity (Wildman–Crippen MR) is 242 cm³/mol. The number of nitrogens with zero attached hydrogens (tertiary/aromatic N) is 4. The zero-order chi connectivity index (χ0) is 41.8. The number of benzene rings is 8. The van der Waals surface area contributed by atoms with Gasteiger partial charge in [0.15, 0.2) is 11.6 Å². The van der Waals surface area contributed by atoms with Gasteiger partial charge in [0.05, 0.1) is 17.9 Å². The Bertz CT molecular complexity index is 3790. The maximum atomic E-state index is 9.04. The van der Waals surface area contributed by atoms with Gasteiger partial charge in [-0.05, 0) is 52.6 Å². The SMILES string of the molecule is [2H]c1c([2H])c([2H])c(-c2nc(-c3ccc4c(c3)sc3cccc(-c5ccccc5)c34)nc(-n3c4cc(-c5ccccc5)ccc4c4ccc5sc6ccccc6c5c43)n2)c([2H])c1[2H]. The van der Waals surface area contributed by atoms with E-state index in [1.807, 2.05) is 30.3 Å². The van der Waals surface area contributed by atoms with Crippen LogP contribution in [0.3, 0.4) is 0 Å². The molecule has 0 fully saturated rings. The van der Waals surface area contributed by atoms with Crippen molar-refractivity contribution in [1.29, 1.82) is 0 Å². The quantitative estimate of drug-likeness (QED) is 0.175. The number of aromatic nitrogens is 4. The van der Waals surface area contributed by atoms with E-state index in [0.29, 0.717) is 11.4 Å². The van der Waals surface area contributed by atoms with E-state index >= 15 is 0 Å². The fraction of sp³-hybridized carbons (Fsp3) is 0. The molecule has 12 aromatic rings. The second-order valence-corrected chi connectivity index (χ2v) is 16.2. The fourth-order valence-corrected chi connectivity index (χ4v) is 10.5. The van der Waals surface area contributed by atoms with Gasteiger partial charge in [-0.1, -0.05) is 152 Å². The molecule has 0 amide bonds. The lowest BCUT2D eigenvalue weighted by Crippen LogP contribution is -2.06. The highest BCUT2D eigenvalue weighted by molar-refractivity contribution is 7.26. The van der Waals surface area contributed by atoms with Gasteiger partial charge in [0.25, 0.3) is 0 Å². The summed E-state index contributed by atoms with van der Waals surface area (Å²) in [6, 6.07) is 50.2. The van der Waals surface area contributed by atoms with Gasteiger partial charge in [-0.3, -0.25) is 4.57 Å². The Labute approximate surface area is 342 Å². The van der Waals surface area contributed by atoms with Gasteiger partial charge < -0.3 is 0 Å². The van der Waals surface area contributed by atoms with Gasteiger partial charge in [-0.2, -0.15) is 9.97 Å². The molecule has 6 heteroatoms. The van der Waals surface area contributed by atoms with Crippen molar-refractivity contribution in [2.75, 3.05) is 0 Å². The molecular weight excluding hydrogens is 733 g/mol. The van der Waals surface area contributed by atoms with E-state index in [2.05, 4.69) is 126 Å². The molecule has 4 aromatic heterocycles. The Morgan fingerprint density at radius 1 is 0.421 bits per heavy atom. The molecule has 0 aliphatic heterocycles. The molecule has 0 unspecified atom stereocenters. The van der Waals surface area contributed by atoms with E-state index in [0.717, 1.165) is 79.0 Å². The molecule has 0 bridgehead atoms. The summed E-state index contributed by atoms with van der Waals surface area (Å²) in [4.78, 5) is 15.4. The lowest BCUT2D eigenvalue weighted by molar-refractivity contribution is 0.955. The maximum absolute atomic E-state index is 9.04. The molecule has 4 heterocycles. The van der Waals surface area contributed by atoms with E-state index in [-0.39, 0.29) is 29.4 Å². The molecule has 0 radical (unpaired) electrons. The minimum Gasteiger partial charge on any atom is -0.277 e. The minimum absolute atomic E-state index is 0.0126. The summed E-state index contributed by atoms with van der Waals surface area (Å²) in [6.07, 6.45) is 0. The van der Waals surface area contributed by atoms with Crippen molar-refractivity contribution in [3.05, 3.63) is 182 Å². The molecule has 12 rings (SSSR count). The summed E-state index contributed by atoms with van der Waals surface area (Å²) in [7, 11) is 0. The maximum Gasteiger partial charge on any atom is 0.238 e. The first-order chi connectivity index (χ1) is 30.3. The van der Waals surface area contributed by atoms with E-state index < -0.39 is 18.1 Å². The van der Waals surface area contributed by atoms with Crippen LogP contribution in [-0.2, 0) is 0 Å². The Kier molecular flexibility index (Phi) is 6.18. The first-order valence-corrected chi connectivity index (χ1v) is 20.2. The van der Waals surface area contributed by atoms with E-state index in [1.54, 1.807) is 22.7 Å². The average molecular weight is 768 g/mol. The van der Waals surface area contributed by atoms with Crippen molar-refractivity contribution in [1.82, 2.24) is 19.5 Å². The highest BCUT2D eigenvalue weighted by Crippen LogP contribution is 2.45. The normalized spacial score (nSPS) is 13.1. The fourth-order valence-electron chi connectivity index (χ4n) is 8.22. The summed E-state index contributed by atoms with van der Waals surface area (Å²) in [5, 5.41) is 6.47. The van der Waals surface area contributed by atoms with Crippen LogP contribution in [0.5, 0.6) is 0 Å². The second kappa shape index (κ2) is 12.8. The van der Waals surface area contributed by atoms with Crippen molar-refractivity contribution in [3.8, 4) is 51.0 Å². The number of hydrogen-bond donors (Lipinski definition) is 0. The molecule has 0 spiro atoms. The Morgan fingerprint density at radius 3 is 1.91 bits per heavy atom. The lowest BCUT2D eigenvalue weighted by atomic mass is 9.99. The molecule has 0 saturated carbocycles. The zero-order valence-electron chi connectivity index (χ0n) is 35.0. The van der Waals surface area contributed by atoms with Gasteiger partial charge in [0.2, 0.25) is 5.95 Å². The van der Waals surface area contributed by atoms with Crippen molar-refractivity contribution >= 4 is 84.8 Å². The third kappa shape index (κ3) is 5.15. The van der Waals surface area contributed by atoms with Crippen LogP contribution in [0.1, 0.15) is 6.85 Å². The Hall–Kier alpha value is -6.99. The zero-order valence-corrected chi connectivity index (χ0v) is 31.7. The summed E-state index contributed by atoms with van der Waals surface area (Å²) in [6.45, 7) is 0. The average Bonchev–Trinajstić information content (AvgIpc) is 3.99. The van der Waals surface area contributed by atoms with Crippen molar-refractivity contribution < 1.29 is 6.85 Å². The molecule has 0 saturated heterocycles. The van der Waals surface area contributed by atoms with Crippen LogP contribution < -0.4 is 0 Å². The van der Waals surface area contributed by atoms with Crippen LogP contribution in [0.2, 0.25) is 0 Å². The molecule has 0 atom stereocenters. The number of thiophene rings is 2. The third-order valence-electron chi connectivity index (χ3n) is 10.8. The van der Waals surface area contributed by atoms with Crippen molar-refractivity contribution in [2.45, 2.75) is 0 Å². The summed E-state index contributed by atoms with van der Waals surface area (Å²) in [5.74, 6) is 0.574. The highest BCUT2D eigenvalue weighted by Gasteiger charge is 2.22. The Balaban J connectivity index is 1.19. The minimum atomic E-state index is -0.481. The first kappa shape index (κ1) is 27.6. The number of hydrogen-bond acceptors (Lipinski definition) is 5. The van der Waals surface area contributed by atoms with E-state index in [4.69, 9.17) is 21.8 Å². The molecule has 0 aliphatic carbocycles. The lowest BCUT2D eigenvalue weighted by Gasteiger charge is -2.12. The van der Waals surface area contributed by atoms with Crippen LogP contribution in [-0.4, -0.2) is 19.5 Å². The van der Waals surface area contributed by atoms with Crippen LogP contribution >= 0.6 is 22.7 Å². The summed E-state index contributed by atoms with van der Waals surface area (Å²) < 4.78 is 50.2. The largest absolute Gasteiger partial charge is 0.277 e. The van der Waals surface area contributed by atoms with Crippen LogP contribution in [0.25, 0.3) is 113 Å². The van der Waals surface area contributed by atoms with E-state index in [9.17, 15) is 0 Å². The molecule has 4 nitrogen and oxygen atoms in total. The van der Waals surface area contributed by atoms with Gasteiger partial charge in [-0.25, -0.2) is 4.98 Å². The predicted octanol–water partition coefficient (Wildman–Crippen LogP) is 14.4. The standard InChI is InChI=1S/C51H30N4S2/c1-4-13-31(14-5-1)34-23-25-37-38-27-28-44-47(39-19-10-11-21-42(39)56-44)48(38)55(41(37)29-34)51-53-49(33-17-8-3-9-18-33)52-50(54-51)35-24-26-40-45(30-35)57-43-22-12-20-36(46(40)43)32-15-6-2-7-16-32/h1-30H/i3D,8D,9D,17D,18D. The highest BCUT2D eigenvalue weighted by atomic mass is 32.1. The van der Waals surface area contributed by atoms with Gasteiger partial charge in [-0.15, -0.1) is 22.7 Å². The van der Waals surface area contributed by atoms with Crippen LogP contribution in [0.15, 0.2) is 182 Å². The molecule has 266 valence electrons. The summed E-state index contributed by atoms with van der Waals surface area (Å²) in [5.41, 5.74) is 6.76. The van der Waals surface area contributed by atoms with E-state index in [1.165, 1.54) is 5.39 Å². The molecular formula is C51H30N4S2. The monoisotopic (exact) mass is 767 g/mol. The third-order valence-corrected chi connectivity index (χ3v) is 13.0. The first-order valence-electron chi connectivity index (χ1n) is 21.1. The molecule has 0 aliphatic rings. The smallest absolute Gasteiger partial charge is 0.238 e. The van der Waals surface area contributed by atoms with Gasteiger partial charge >= 0.3 is 0 Å². The van der Waals surface area contributed by atoms with Gasteiger partial charge in [0.1, 0.15) is 0 Å². The Morgan fingerprint density at radius 2 is 1.07 bits per heavy atom. The topological polar surface area (TPSA) is 43.6 Å².